The highest BCUT2D eigenvalue weighted by Crippen LogP contribution is 2.17. The highest BCUT2D eigenvalue weighted by Gasteiger charge is 2.08. The van der Waals surface area contributed by atoms with Crippen molar-refractivity contribution in [3.8, 4) is 0 Å². The summed E-state index contributed by atoms with van der Waals surface area (Å²) >= 11 is 1.58. The Kier molecular flexibility index (Phi) is 3.87. The van der Waals surface area contributed by atoms with E-state index in [9.17, 15) is 4.79 Å². The van der Waals surface area contributed by atoms with Crippen molar-refractivity contribution in [2.45, 2.75) is 12.1 Å². The highest BCUT2D eigenvalue weighted by atomic mass is 32.2. The molecule has 1 N–H and O–H groups in total. The minimum absolute atomic E-state index is 0.159. The molecule has 6 heteroatoms. The van der Waals surface area contributed by atoms with E-state index in [1.165, 1.54) is 5.56 Å². The Hall–Kier alpha value is -2.34. The molecule has 0 saturated carbocycles. The van der Waals surface area contributed by atoms with Gasteiger partial charge in [0.1, 0.15) is 0 Å². The molecule has 0 aliphatic rings. The lowest BCUT2D eigenvalue weighted by Crippen LogP contribution is -2.09. The van der Waals surface area contributed by atoms with Gasteiger partial charge in [-0.3, -0.25) is 14.2 Å². The number of thioether (sulfide) groups is 1. The van der Waals surface area contributed by atoms with Crippen LogP contribution in [0.5, 0.6) is 0 Å². The molecule has 0 aliphatic carbocycles. The molecule has 1 aromatic carbocycles. The third-order valence-corrected chi connectivity index (χ3v) is 3.86. The fourth-order valence-electron chi connectivity index (χ4n) is 2.03. The Balaban J connectivity index is 1.74. The zero-order valence-corrected chi connectivity index (χ0v) is 12.3. The van der Waals surface area contributed by atoms with Crippen molar-refractivity contribution < 1.29 is 0 Å². The SMILES string of the molecule is Cc1cc(=O)[nH]c2nnc(SC/C=C/c3ccccc3)n12. The second kappa shape index (κ2) is 5.97. The first-order chi connectivity index (χ1) is 10.2. The Morgan fingerprint density at radius 1 is 1.29 bits per heavy atom. The van der Waals surface area contributed by atoms with E-state index < -0.39 is 0 Å². The summed E-state index contributed by atoms with van der Waals surface area (Å²) in [5.41, 5.74) is 1.84. The molecule has 3 aromatic rings. The van der Waals surface area contributed by atoms with Gasteiger partial charge in [0.05, 0.1) is 0 Å². The molecular weight excluding hydrogens is 284 g/mol. The molecule has 3 rings (SSSR count). The first-order valence-corrected chi connectivity index (χ1v) is 7.52. The fraction of sp³-hybridized carbons (Fsp3) is 0.133. The predicted molar refractivity (Wildman–Crippen MR) is 84.5 cm³/mol. The van der Waals surface area contributed by atoms with Gasteiger partial charge in [0.25, 0.3) is 5.56 Å². The lowest BCUT2D eigenvalue weighted by molar-refractivity contribution is 0.888. The van der Waals surface area contributed by atoms with Gasteiger partial charge in [-0.15, -0.1) is 10.2 Å². The molecule has 0 radical (unpaired) electrons. The minimum Gasteiger partial charge on any atom is -0.291 e. The number of benzene rings is 1. The average molecular weight is 298 g/mol. The molecule has 5 nitrogen and oxygen atoms in total. The number of aromatic nitrogens is 4. The number of fused-ring (bicyclic) bond motifs is 1. The van der Waals surface area contributed by atoms with E-state index in [2.05, 4.69) is 39.5 Å². The maximum absolute atomic E-state index is 11.4. The van der Waals surface area contributed by atoms with Gasteiger partial charge < -0.3 is 0 Å². The van der Waals surface area contributed by atoms with Gasteiger partial charge in [-0.25, -0.2) is 0 Å². The summed E-state index contributed by atoms with van der Waals surface area (Å²) in [6, 6.07) is 11.7. The number of aromatic amines is 1. The summed E-state index contributed by atoms with van der Waals surface area (Å²) in [4.78, 5) is 14.0. The summed E-state index contributed by atoms with van der Waals surface area (Å²) in [7, 11) is 0. The number of aryl methyl sites for hydroxylation is 1. The van der Waals surface area contributed by atoms with Crippen LogP contribution in [0.2, 0.25) is 0 Å². The highest BCUT2D eigenvalue weighted by molar-refractivity contribution is 7.99. The fourth-order valence-corrected chi connectivity index (χ4v) is 2.83. The van der Waals surface area contributed by atoms with Crippen molar-refractivity contribution in [3.63, 3.8) is 0 Å². The van der Waals surface area contributed by atoms with Gasteiger partial charge in [0, 0.05) is 17.5 Å². The Labute approximate surface area is 125 Å². The van der Waals surface area contributed by atoms with Crippen LogP contribution in [-0.4, -0.2) is 25.3 Å². The Morgan fingerprint density at radius 3 is 2.90 bits per heavy atom. The molecule has 0 bridgehead atoms. The molecule has 0 unspecified atom stereocenters. The molecule has 2 heterocycles. The molecule has 0 fully saturated rings. The first-order valence-electron chi connectivity index (χ1n) is 6.53. The van der Waals surface area contributed by atoms with Crippen LogP contribution < -0.4 is 5.56 Å². The summed E-state index contributed by atoms with van der Waals surface area (Å²) in [6.07, 6.45) is 4.16. The molecule has 0 saturated heterocycles. The molecule has 0 aliphatic heterocycles. The molecule has 106 valence electrons. The lowest BCUT2D eigenvalue weighted by atomic mass is 10.2. The van der Waals surface area contributed by atoms with Gasteiger partial charge in [-0.1, -0.05) is 54.2 Å². The molecule has 0 spiro atoms. The van der Waals surface area contributed by atoms with Crippen LogP contribution in [-0.2, 0) is 0 Å². The lowest BCUT2D eigenvalue weighted by Gasteiger charge is -2.00. The first kappa shape index (κ1) is 13.6. The smallest absolute Gasteiger partial charge is 0.252 e. The zero-order chi connectivity index (χ0) is 14.7. The van der Waals surface area contributed by atoms with Crippen molar-refractivity contribution in [2.75, 3.05) is 5.75 Å². The maximum Gasteiger partial charge on any atom is 0.252 e. The topological polar surface area (TPSA) is 63.0 Å². The summed E-state index contributed by atoms with van der Waals surface area (Å²) in [5, 5.41) is 8.88. The van der Waals surface area contributed by atoms with Gasteiger partial charge in [-0.05, 0) is 12.5 Å². The largest absolute Gasteiger partial charge is 0.291 e. The number of nitrogens with one attached hydrogen (secondary N) is 1. The van der Waals surface area contributed by atoms with Gasteiger partial charge in [-0.2, -0.15) is 0 Å². The normalized spacial score (nSPS) is 11.5. The van der Waals surface area contributed by atoms with Gasteiger partial charge in [0.15, 0.2) is 5.16 Å². The predicted octanol–water partition coefficient (Wildman–Crippen LogP) is 2.53. The number of hydrogen-bond donors (Lipinski definition) is 1. The monoisotopic (exact) mass is 298 g/mol. The quantitative estimate of drug-likeness (QED) is 0.752. The number of hydrogen-bond acceptors (Lipinski definition) is 4. The zero-order valence-electron chi connectivity index (χ0n) is 11.5. The Bertz CT molecular complexity index is 836. The molecule has 0 atom stereocenters. The second-order valence-electron chi connectivity index (χ2n) is 4.54. The van der Waals surface area contributed by atoms with Crippen molar-refractivity contribution >= 4 is 23.6 Å². The number of H-pyrrole nitrogens is 1. The van der Waals surface area contributed by atoms with Crippen LogP contribution in [0, 0.1) is 6.92 Å². The van der Waals surface area contributed by atoms with Gasteiger partial charge >= 0.3 is 0 Å². The summed E-state index contributed by atoms with van der Waals surface area (Å²) in [5.74, 6) is 1.27. The van der Waals surface area contributed by atoms with Crippen LogP contribution in [0.3, 0.4) is 0 Å². The van der Waals surface area contributed by atoms with Crippen LogP contribution in [0.1, 0.15) is 11.3 Å². The van der Waals surface area contributed by atoms with E-state index in [1.54, 1.807) is 17.8 Å². The molecular formula is C15H14N4OS. The number of nitrogens with zero attached hydrogens (tertiary/aromatic N) is 3. The average Bonchev–Trinajstić information content (AvgIpc) is 2.88. The van der Waals surface area contributed by atoms with E-state index in [1.807, 2.05) is 29.5 Å². The third kappa shape index (κ3) is 3.05. The van der Waals surface area contributed by atoms with Crippen molar-refractivity contribution in [1.29, 1.82) is 0 Å². The summed E-state index contributed by atoms with van der Waals surface area (Å²) in [6.45, 7) is 1.87. The number of rotatable bonds is 4. The standard InChI is InChI=1S/C15H14N4OS/c1-11-10-13(20)16-14-17-18-15(19(11)14)21-9-5-8-12-6-3-2-4-7-12/h2-8,10H,9H2,1H3,(H,16,17,20)/b8-5+. The van der Waals surface area contributed by atoms with Crippen LogP contribution >= 0.6 is 11.8 Å². The van der Waals surface area contributed by atoms with Crippen LogP contribution in [0.25, 0.3) is 11.9 Å². The van der Waals surface area contributed by atoms with E-state index in [4.69, 9.17) is 0 Å². The van der Waals surface area contributed by atoms with Crippen LogP contribution in [0.4, 0.5) is 0 Å². The van der Waals surface area contributed by atoms with Crippen molar-refractivity contribution in [2.24, 2.45) is 0 Å². The van der Waals surface area contributed by atoms with E-state index in [0.29, 0.717) is 5.78 Å². The van der Waals surface area contributed by atoms with Crippen LogP contribution in [0.15, 0.2) is 52.4 Å². The van der Waals surface area contributed by atoms with E-state index in [0.717, 1.165) is 16.6 Å². The van der Waals surface area contributed by atoms with Crippen molar-refractivity contribution in [3.05, 3.63) is 64.1 Å². The third-order valence-electron chi connectivity index (χ3n) is 2.98. The molecule has 2 aromatic heterocycles. The summed E-state index contributed by atoms with van der Waals surface area (Å²) < 4.78 is 1.85. The van der Waals surface area contributed by atoms with Gasteiger partial charge in [0.2, 0.25) is 5.78 Å². The second-order valence-corrected chi connectivity index (χ2v) is 5.53. The minimum atomic E-state index is -0.159. The van der Waals surface area contributed by atoms with E-state index in [-0.39, 0.29) is 5.56 Å². The maximum atomic E-state index is 11.4. The molecule has 0 amide bonds. The van der Waals surface area contributed by atoms with E-state index >= 15 is 0 Å². The Morgan fingerprint density at radius 2 is 2.10 bits per heavy atom. The van der Waals surface area contributed by atoms with Crippen molar-refractivity contribution in [1.82, 2.24) is 19.6 Å². The molecule has 21 heavy (non-hydrogen) atoms.